The summed E-state index contributed by atoms with van der Waals surface area (Å²) in [7, 11) is 4.69. The molecule has 0 radical (unpaired) electrons. The first kappa shape index (κ1) is 20.1. The lowest BCUT2D eigenvalue weighted by molar-refractivity contribution is -0.131. The number of amides is 1. The average Bonchev–Trinajstić information content (AvgIpc) is 2.62. The maximum absolute atomic E-state index is 12.7. The highest BCUT2D eigenvalue weighted by atomic mass is 16.5. The number of hydrogen-bond donors (Lipinski definition) is 2. The highest BCUT2D eigenvalue weighted by Crippen LogP contribution is 2.39. The molecule has 24 heavy (non-hydrogen) atoms. The Kier molecular flexibility index (Phi) is 7.35. The Bertz CT molecular complexity index is 523. The number of carbonyl (C=O) groups excluding carboxylic acids is 1. The van der Waals surface area contributed by atoms with Crippen LogP contribution in [0.15, 0.2) is 12.1 Å². The highest BCUT2D eigenvalue weighted by molar-refractivity contribution is 5.83. The van der Waals surface area contributed by atoms with E-state index < -0.39 is 5.41 Å². The lowest BCUT2D eigenvalue weighted by atomic mass is 9.81. The predicted octanol–water partition coefficient (Wildman–Crippen LogP) is 2.65. The van der Waals surface area contributed by atoms with Gasteiger partial charge in [-0.15, -0.1) is 0 Å². The molecule has 1 aromatic rings. The molecule has 0 aromatic heterocycles. The van der Waals surface area contributed by atoms with Crippen molar-refractivity contribution >= 4 is 5.91 Å². The summed E-state index contributed by atoms with van der Waals surface area (Å²) in [6, 6.07) is 3.47. The number of rotatable bonds is 9. The zero-order chi connectivity index (χ0) is 18.3. The van der Waals surface area contributed by atoms with Crippen LogP contribution in [0.25, 0.3) is 0 Å². The van der Waals surface area contributed by atoms with Crippen LogP contribution in [0.1, 0.15) is 45.2 Å². The SMILES string of the molecule is CCC(CC)(CN)C(=O)NC(C)c1cc(OC)c(OC)c(OC)c1. The van der Waals surface area contributed by atoms with Crippen LogP contribution in [0.4, 0.5) is 0 Å². The summed E-state index contributed by atoms with van der Waals surface area (Å²) in [5.74, 6) is 1.62. The molecule has 1 unspecified atom stereocenters. The molecule has 0 bridgehead atoms. The predicted molar refractivity (Wildman–Crippen MR) is 94.7 cm³/mol. The van der Waals surface area contributed by atoms with Crippen molar-refractivity contribution < 1.29 is 19.0 Å². The van der Waals surface area contributed by atoms with Crippen molar-refractivity contribution in [2.75, 3.05) is 27.9 Å². The van der Waals surface area contributed by atoms with Crippen molar-refractivity contribution in [2.24, 2.45) is 11.1 Å². The molecule has 1 aromatic carbocycles. The van der Waals surface area contributed by atoms with Crippen LogP contribution in [-0.4, -0.2) is 33.8 Å². The molecule has 1 rings (SSSR count). The summed E-state index contributed by atoms with van der Waals surface area (Å²) < 4.78 is 16.1. The zero-order valence-corrected chi connectivity index (χ0v) is 15.6. The Balaban J connectivity index is 3.11. The highest BCUT2D eigenvalue weighted by Gasteiger charge is 2.34. The molecule has 0 spiro atoms. The van der Waals surface area contributed by atoms with Crippen LogP contribution < -0.4 is 25.3 Å². The lowest BCUT2D eigenvalue weighted by Gasteiger charge is -2.30. The van der Waals surface area contributed by atoms with Crippen molar-refractivity contribution in [1.29, 1.82) is 0 Å². The second kappa shape index (κ2) is 8.78. The van der Waals surface area contributed by atoms with E-state index in [2.05, 4.69) is 5.32 Å². The third-order valence-corrected chi connectivity index (χ3v) is 4.76. The fourth-order valence-corrected chi connectivity index (χ4v) is 2.74. The van der Waals surface area contributed by atoms with E-state index in [1.54, 1.807) is 21.3 Å². The second-order valence-electron chi connectivity index (χ2n) is 5.85. The van der Waals surface area contributed by atoms with E-state index in [-0.39, 0.29) is 11.9 Å². The Morgan fingerprint density at radius 3 is 1.96 bits per heavy atom. The van der Waals surface area contributed by atoms with Crippen molar-refractivity contribution in [1.82, 2.24) is 5.32 Å². The quantitative estimate of drug-likeness (QED) is 0.723. The van der Waals surface area contributed by atoms with Gasteiger partial charge in [0.25, 0.3) is 0 Å². The molecule has 1 atom stereocenters. The van der Waals surface area contributed by atoms with Crippen molar-refractivity contribution in [3.63, 3.8) is 0 Å². The van der Waals surface area contributed by atoms with Crippen LogP contribution in [0.3, 0.4) is 0 Å². The Hall–Kier alpha value is -1.95. The van der Waals surface area contributed by atoms with Crippen LogP contribution in [-0.2, 0) is 4.79 Å². The summed E-state index contributed by atoms with van der Waals surface area (Å²) in [6.07, 6.45) is 1.40. The largest absolute Gasteiger partial charge is 0.493 e. The molecule has 0 saturated heterocycles. The van der Waals surface area contributed by atoms with Gasteiger partial charge in [0.05, 0.1) is 32.8 Å². The molecule has 0 saturated carbocycles. The molecule has 6 heteroatoms. The summed E-state index contributed by atoms with van der Waals surface area (Å²) in [6.45, 7) is 6.22. The fourth-order valence-electron chi connectivity index (χ4n) is 2.74. The topological polar surface area (TPSA) is 82.8 Å². The van der Waals surface area contributed by atoms with Gasteiger partial charge < -0.3 is 25.3 Å². The maximum Gasteiger partial charge on any atom is 0.227 e. The van der Waals surface area contributed by atoms with Crippen molar-refractivity contribution in [3.8, 4) is 17.2 Å². The Morgan fingerprint density at radius 1 is 1.12 bits per heavy atom. The van der Waals surface area contributed by atoms with E-state index in [0.29, 0.717) is 36.6 Å². The van der Waals surface area contributed by atoms with Crippen LogP contribution in [0.2, 0.25) is 0 Å². The number of carbonyl (C=O) groups is 1. The van der Waals surface area contributed by atoms with Gasteiger partial charge in [-0.2, -0.15) is 0 Å². The van der Waals surface area contributed by atoms with Crippen molar-refractivity contribution in [3.05, 3.63) is 17.7 Å². The van der Waals surface area contributed by atoms with E-state index in [4.69, 9.17) is 19.9 Å². The number of benzene rings is 1. The first-order chi connectivity index (χ1) is 11.4. The van der Waals surface area contributed by atoms with E-state index in [9.17, 15) is 4.79 Å². The van der Waals surface area contributed by atoms with Gasteiger partial charge in [0.2, 0.25) is 11.7 Å². The monoisotopic (exact) mass is 338 g/mol. The van der Waals surface area contributed by atoms with E-state index >= 15 is 0 Å². The minimum Gasteiger partial charge on any atom is -0.493 e. The smallest absolute Gasteiger partial charge is 0.227 e. The van der Waals surface area contributed by atoms with E-state index in [0.717, 1.165) is 5.56 Å². The number of ether oxygens (including phenoxy) is 3. The van der Waals surface area contributed by atoms with Crippen molar-refractivity contribution in [2.45, 2.75) is 39.7 Å². The first-order valence-electron chi connectivity index (χ1n) is 8.23. The van der Waals surface area contributed by atoms with Gasteiger partial charge in [-0.25, -0.2) is 0 Å². The first-order valence-corrected chi connectivity index (χ1v) is 8.23. The van der Waals surface area contributed by atoms with Crippen LogP contribution >= 0.6 is 0 Å². The molecular weight excluding hydrogens is 308 g/mol. The molecule has 136 valence electrons. The van der Waals surface area contributed by atoms with Gasteiger partial charge in [-0.1, -0.05) is 13.8 Å². The van der Waals surface area contributed by atoms with E-state index in [1.165, 1.54) is 0 Å². The van der Waals surface area contributed by atoms with Crippen LogP contribution in [0, 0.1) is 5.41 Å². The molecule has 0 aliphatic carbocycles. The lowest BCUT2D eigenvalue weighted by Crippen LogP contribution is -2.46. The molecule has 6 nitrogen and oxygen atoms in total. The molecule has 0 fully saturated rings. The standard InChI is InChI=1S/C18H30N2O4/c1-7-18(8-2,11-19)17(21)20-12(3)13-9-14(22-4)16(24-6)15(10-13)23-5/h9-10,12H,7-8,11,19H2,1-6H3,(H,20,21). The molecule has 0 heterocycles. The summed E-state index contributed by atoms with van der Waals surface area (Å²) >= 11 is 0. The molecule has 0 aliphatic heterocycles. The third-order valence-electron chi connectivity index (χ3n) is 4.76. The molecule has 1 amide bonds. The summed E-state index contributed by atoms with van der Waals surface area (Å²) in [5.41, 5.74) is 6.19. The molecular formula is C18H30N2O4. The number of methoxy groups -OCH3 is 3. The number of nitrogens with two attached hydrogens (primary N) is 1. The average molecular weight is 338 g/mol. The minimum atomic E-state index is -0.533. The maximum atomic E-state index is 12.7. The Morgan fingerprint density at radius 2 is 1.62 bits per heavy atom. The third kappa shape index (κ3) is 3.93. The fraction of sp³-hybridized carbons (Fsp3) is 0.611. The van der Waals surface area contributed by atoms with Gasteiger partial charge in [-0.3, -0.25) is 4.79 Å². The number of hydrogen-bond acceptors (Lipinski definition) is 5. The normalized spacial score (nSPS) is 12.5. The Labute approximate surface area is 144 Å². The molecule has 0 aliphatic rings. The van der Waals surface area contributed by atoms with Gasteiger partial charge in [0.15, 0.2) is 11.5 Å². The number of nitrogens with one attached hydrogen (secondary N) is 1. The molecule has 3 N–H and O–H groups in total. The summed E-state index contributed by atoms with van der Waals surface area (Å²) in [4.78, 5) is 12.7. The summed E-state index contributed by atoms with van der Waals surface area (Å²) in [5, 5.41) is 3.06. The van der Waals surface area contributed by atoms with Gasteiger partial charge in [0, 0.05) is 6.54 Å². The van der Waals surface area contributed by atoms with Gasteiger partial charge in [0.1, 0.15) is 0 Å². The van der Waals surface area contributed by atoms with E-state index in [1.807, 2.05) is 32.9 Å². The van der Waals surface area contributed by atoms with Gasteiger partial charge >= 0.3 is 0 Å². The van der Waals surface area contributed by atoms with Gasteiger partial charge in [-0.05, 0) is 37.5 Å². The second-order valence-corrected chi connectivity index (χ2v) is 5.85. The minimum absolute atomic E-state index is 0.0312. The van der Waals surface area contributed by atoms with Crippen LogP contribution in [0.5, 0.6) is 17.2 Å². The zero-order valence-electron chi connectivity index (χ0n) is 15.6.